The van der Waals surface area contributed by atoms with Gasteiger partial charge < -0.3 is 9.05 Å². The van der Waals surface area contributed by atoms with Crippen molar-refractivity contribution < 1.29 is 9.05 Å². The number of unbranched alkanes of at least 4 members (excludes halogenated alkanes) is 3. The molecule has 1 unspecified atom stereocenters. The van der Waals surface area contributed by atoms with E-state index in [9.17, 15) is 0 Å². The first-order chi connectivity index (χ1) is 6.98. The molecule has 15 heavy (non-hydrogen) atoms. The summed E-state index contributed by atoms with van der Waals surface area (Å²) in [6.45, 7) is 7.68. The van der Waals surface area contributed by atoms with Crippen LogP contribution < -0.4 is 0 Å². The van der Waals surface area contributed by atoms with E-state index in [1.807, 2.05) is 0 Å². The van der Waals surface area contributed by atoms with Crippen LogP contribution in [0.1, 0.15) is 46.5 Å². The van der Waals surface area contributed by atoms with E-state index in [2.05, 4.69) is 33.0 Å². The summed E-state index contributed by atoms with van der Waals surface area (Å²) in [4.78, 5) is 0. The molecule has 0 heterocycles. The standard InChI is InChI=1S/C10H23O2PS2/c1-4-5-6-7-8-11-13(14,15)12-9-10(2)3/h10H,4-9H2,1-3H3,(H,14,15). The van der Waals surface area contributed by atoms with E-state index in [0.717, 1.165) is 6.42 Å². The van der Waals surface area contributed by atoms with Gasteiger partial charge in [-0.1, -0.05) is 52.3 Å². The van der Waals surface area contributed by atoms with Gasteiger partial charge in [0, 0.05) is 0 Å². The molecule has 0 rings (SSSR count). The van der Waals surface area contributed by atoms with Crippen molar-refractivity contribution in [2.24, 2.45) is 5.92 Å². The number of hydrogen-bond acceptors (Lipinski definition) is 3. The van der Waals surface area contributed by atoms with Crippen molar-refractivity contribution in [3.63, 3.8) is 0 Å². The van der Waals surface area contributed by atoms with Gasteiger partial charge in [0.1, 0.15) is 0 Å². The van der Waals surface area contributed by atoms with E-state index in [4.69, 9.17) is 20.9 Å². The summed E-state index contributed by atoms with van der Waals surface area (Å²) >= 11 is 9.44. The van der Waals surface area contributed by atoms with Crippen molar-refractivity contribution in [2.45, 2.75) is 46.5 Å². The van der Waals surface area contributed by atoms with Crippen LogP contribution >= 0.6 is 17.9 Å². The second-order valence-electron chi connectivity index (χ2n) is 4.05. The van der Waals surface area contributed by atoms with Crippen molar-refractivity contribution in [1.82, 2.24) is 0 Å². The lowest BCUT2D eigenvalue weighted by molar-refractivity contribution is 0.232. The van der Waals surface area contributed by atoms with Crippen molar-refractivity contribution >= 4 is 29.7 Å². The lowest BCUT2D eigenvalue weighted by Gasteiger charge is -2.17. The Morgan fingerprint density at radius 3 is 2.40 bits per heavy atom. The first-order valence-electron chi connectivity index (χ1n) is 5.60. The highest BCUT2D eigenvalue weighted by molar-refractivity contribution is 8.60. The fourth-order valence-electron chi connectivity index (χ4n) is 0.989. The van der Waals surface area contributed by atoms with Crippen molar-refractivity contribution in [3.05, 3.63) is 0 Å². The Labute approximate surface area is 104 Å². The van der Waals surface area contributed by atoms with Crippen LogP contribution in [0.3, 0.4) is 0 Å². The lowest BCUT2D eigenvalue weighted by atomic mass is 10.2. The minimum absolute atomic E-state index is 0.475. The highest BCUT2D eigenvalue weighted by atomic mass is 32.9. The van der Waals surface area contributed by atoms with Crippen molar-refractivity contribution in [1.29, 1.82) is 0 Å². The zero-order valence-electron chi connectivity index (χ0n) is 9.94. The molecule has 0 N–H and O–H groups in total. The Morgan fingerprint density at radius 2 is 1.87 bits per heavy atom. The van der Waals surface area contributed by atoms with E-state index < -0.39 is 5.69 Å². The average molecular weight is 270 g/mol. The van der Waals surface area contributed by atoms with Gasteiger partial charge in [0.2, 0.25) is 5.69 Å². The monoisotopic (exact) mass is 270 g/mol. The number of rotatable bonds is 9. The third kappa shape index (κ3) is 11.2. The quantitative estimate of drug-likeness (QED) is 0.380. The summed E-state index contributed by atoms with van der Waals surface area (Å²) in [5.74, 6) is 0.475. The van der Waals surface area contributed by atoms with Gasteiger partial charge in [0.05, 0.1) is 13.2 Å². The smallest absolute Gasteiger partial charge is 0.244 e. The molecule has 0 bridgehead atoms. The molecule has 0 aromatic carbocycles. The normalized spacial score (nSPS) is 15.5. The third-order valence-corrected chi connectivity index (χ3v) is 4.13. The summed E-state index contributed by atoms with van der Waals surface area (Å²) in [6.07, 6.45) is 4.74. The fraction of sp³-hybridized carbons (Fsp3) is 1.00. The second kappa shape index (κ2) is 9.00. The average Bonchev–Trinajstić information content (AvgIpc) is 2.15. The zero-order valence-corrected chi connectivity index (χ0v) is 12.5. The van der Waals surface area contributed by atoms with Crippen LogP contribution in [0, 0.1) is 5.92 Å². The Morgan fingerprint density at radius 1 is 1.20 bits per heavy atom. The summed E-state index contributed by atoms with van der Waals surface area (Å²) in [7, 11) is 0. The molecule has 0 amide bonds. The molecule has 0 aliphatic carbocycles. The molecule has 5 heteroatoms. The molecule has 0 saturated heterocycles. The van der Waals surface area contributed by atoms with Crippen LogP contribution in [0.25, 0.3) is 0 Å². The van der Waals surface area contributed by atoms with Crippen LogP contribution in [-0.4, -0.2) is 13.2 Å². The molecule has 92 valence electrons. The molecule has 1 atom stereocenters. The Balaban J connectivity index is 3.51. The SMILES string of the molecule is CCCCCCOP(=S)(S)OCC(C)C. The van der Waals surface area contributed by atoms with Crippen molar-refractivity contribution in [2.75, 3.05) is 13.2 Å². The van der Waals surface area contributed by atoms with Crippen molar-refractivity contribution in [3.8, 4) is 0 Å². The summed E-state index contributed by atoms with van der Waals surface area (Å²) < 4.78 is 11.0. The van der Waals surface area contributed by atoms with E-state index in [-0.39, 0.29) is 0 Å². The molecular formula is C10H23O2PS2. The van der Waals surface area contributed by atoms with Crippen LogP contribution in [0.15, 0.2) is 0 Å². The topological polar surface area (TPSA) is 18.5 Å². The molecule has 0 spiro atoms. The Hall–Kier alpha value is 0.920. The minimum Gasteiger partial charge on any atom is -0.322 e. The highest BCUT2D eigenvalue weighted by Gasteiger charge is 2.13. The molecule has 0 saturated carbocycles. The minimum atomic E-state index is -2.27. The van der Waals surface area contributed by atoms with Gasteiger partial charge in [-0.25, -0.2) is 0 Å². The maximum atomic E-state index is 5.49. The highest BCUT2D eigenvalue weighted by Crippen LogP contribution is 2.53. The van der Waals surface area contributed by atoms with Crippen LogP contribution in [0.5, 0.6) is 0 Å². The lowest BCUT2D eigenvalue weighted by Crippen LogP contribution is -2.00. The summed E-state index contributed by atoms with van der Waals surface area (Å²) in [5, 5.41) is 0. The van der Waals surface area contributed by atoms with E-state index >= 15 is 0 Å². The maximum Gasteiger partial charge on any atom is 0.244 e. The molecule has 0 aliphatic heterocycles. The fourth-order valence-corrected chi connectivity index (χ4v) is 2.76. The molecule has 0 radical (unpaired) electrons. The second-order valence-corrected chi connectivity index (χ2v) is 9.34. The van der Waals surface area contributed by atoms with Crippen LogP contribution in [-0.2, 0) is 20.9 Å². The summed E-state index contributed by atoms with van der Waals surface area (Å²) in [5.41, 5.74) is -2.27. The molecular weight excluding hydrogens is 247 g/mol. The Bertz CT molecular complexity index is 198. The van der Waals surface area contributed by atoms with Gasteiger partial charge >= 0.3 is 0 Å². The zero-order chi connectivity index (χ0) is 11.7. The molecule has 0 aliphatic rings. The number of thiol groups is 1. The van der Waals surface area contributed by atoms with E-state index in [0.29, 0.717) is 19.1 Å². The first-order valence-corrected chi connectivity index (χ1v) is 9.39. The molecule has 0 fully saturated rings. The molecule has 0 aromatic rings. The van der Waals surface area contributed by atoms with Gasteiger partial charge in [0.25, 0.3) is 0 Å². The molecule has 0 aromatic heterocycles. The predicted molar refractivity (Wildman–Crippen MR) is 74.2 cm³/mol. The van der Waals surface area contributed by atoms with Gasteiger partial charge in [-0.05, 0) is 24.1 Å². The first kappa shape index (κ1) is 15.9. The van der Waals surface area contributed by atoms with Crippen LogP contribution in [0.2, 0.25) is 0 Å². The van der Waals surface area contributed by atoms with E-state index in [1.165, 1.54) is 19.3 Å². The van der Waals surface area contributed by atoms with E-state index in [1.54, 1.807) is 0 Å². The van der Waals surface area contributed by atoms with Gasteiger partial charge in [0.15, 0.2) is 0 Å². The maximum absolute atomic E-state index is 5.49. The van der Waals surface area contributed by atoms with Crippen LogP contribution in [0.4, 0.5) is 0 Å². The largest absolute Gasteiger partial charge is 0.322 e. The third-order valence-electron chi connectivity index (χ3n) is 1.82. The Kier molecular flexibility index (Phi) is 9.55. The van der Waals surface area contributed by atoms with Gasteiger partial charge in [-0.2, -0.15) is 0 Å². The van der Waals surface area contributed by atoms with Gasteiger partial charge in [-0.15, -0.1) is 0 Å². The predicted octanol–water partition coefficient (Wildman–Crippen LogP) is 4.41. The van der Waals surface area contributed by atoms with Gasteiger partial charge in [-0.3, -0.25) is 0 Å². The molecule has 2 nitrogen and oxygen atoms in total. The number of hydrogen-bond donors (Lipinski definition) is 1. The summed E-state index contributed by atoms with van der Waals surface area (Å²) in [6, 6.07) is 0.